The molecule has 0 radical (unpaired) electrons. The Kier molecular flexibility index (Phi) is 10.4. The van der Waals surface area contributed by atoms with Crippen molar-refractivity contribution >= 4 is 31.5 Å². The van der Waals surface area contributed by atoms with E-state index in [0.29, 0.717) is 5.82 Å². The fraction of sp³-hybridized carbons (Fsp3) is 0. The van der Waals surface area contributed by atoms with Gasteiger partial charge in [-0.05, 0) is 46.0 Å². The fourth-order valence-corrected chi connectivity index (χ4v) is 10.6. The van der Waals surface area contributed by atoms with Crippen LogP contribution in [0.4, 0.5) is 0 Å². The molecule has 12 rings (SSSR count). The molecule has 0 atom stereocenters. The SMILES string of the molecule is c1ccc(-c2cc(-c3cccc(-c4c(-c5ccccc5)c(-c5ccccc5)nc(-c5ccccc5)c4-c4ccccc4)c3)nc(-c3ccc(-c4cccc5c4sc4ccccc45)cc3)n2)cc1. The molecule has 0 saturated carbocycles. The van der Waals surface area contributed by atoms with Crippen LogP contribution >= 0.6 is 11.3 Å². The van der Waals surface area contributed by atoms with E-state index in [1.807, 2.05) is 17.4 Å². The van der Waals surface area contributed by atoms with Gasteiger partial charge >= 0.3 is 0 Å². The highest BCUT2D eigenvalue weighted by Crippen LogP contribution is 2.49. The molecule has 3 aromatic heterocycles. The number of rotatable bonds is 9. The van der Waals surface area contributed by atoms with Crippen LogP contribution in [-0.2, 0) is 0 Å². The number of hydrogen-bond acceptors (Lipinski definition) is 4. The molecule has 0 amide bonds. The quantitative estimate of drug-likeness (QED) is 0.145. The molecule has 12 aromatic rings. The minimum atomic E-state index is 0.671. The van der Waals surface area contributed by atoms with E-state index >= 15 is 0 Å². The van der Waals surface area contributed by atoms with Gasteiger partial charge in [0.05, 0.1) is 22.8 Å². The molecule has 314 valence electrons. The Morgan fingerprint density at radius 2 is 0.716 bits per heavy atom. The van der Waals surface area contributed by atoms with Crippen LogP contribution in [0.15, 0.2) is 249 Å². The third-order valence-electron chi connectivity index (χ3n) is 12.5. The first kappa shape index (κ1) is 40.0. The second-order valence-corrected chi connectivity index (χ2v) is 17.7. The lowest BCUT2D eigenvalue weighted by atomic mass is 9.83. The topological polar surface area (TPSA) is 38.7 Å². The van der Waals surface area contributed by atoms with E-state index in [0.717, 1.165) is 84.0 Å². The van der Waals surface area contributed by atoms with Gasteiger partial charge in [-0.15, -0.1) is 11.3 Å². The summed E-state index contributed by atoms with van der Waals surface area (Å²) in [5, 5.41) is 2.59. The van der Waals surface area contributed by atoms with Crippen LogP contribution in [0.25, 0.3) is 121 Å². The van der Waals surface area contributed by atoms with E-state index in [9.17, 15) is 0 Å². The Labute approximate surface area is 394 Å². The second-order valence-electron chi connectivity index (χ2n) is 16.7. The van der Waals surface area contributed by atoms with Crippen molar-refractivity contribution in [3.05, 3.63) is 249 Å². The van der Waals surface area contributed by atoms with Gasteiger partial charge in [-0.2, -0.15) is 0 Å². The summed E-state index contributed by atoms with van der Waals surface area (Å²) in [6, 6.07) is 88.0. The van der Waals surface area contributed by atoms with E-state index in [1.165, 1.54) is 31.3 Å². The minimum absolute atomic E-state index is 0.671. The van der Waals surface area contributed by atoms with Gasteiger partial charge in [0.15, 0.2) is 5.82 Å². The summed E-state index contributed by atoms with van der Waals surface area (Å²) in [6.07, 6.45) is 0. The van der Waals surface area contributed by atoms with Crippen molar-refractivity contribution in [1.29, 1.82) is 0 Å². The third kappa shape index (κ3) is 7.59. The molecule has 0 N–H and O–H groups in total. The number of fused-ring (bicyclic) bond motifs is 3. The average Bonchev–Trinajstić information content (AvgIpc) is 3.81. The largest absolute Gasteiger partial charge is 0.246 e. The van der Waals surface area contributed by atoms with Gasteiger partial charge < -0.3 is 0 Å². The number of pyridine rings is 1. The zero-order valence-corrected chi connectivity index (χ0v) is 37.2. The van der Waals surface area contributed by atoms with Crippen LogP contribution in [0.3, 0.4) is 0 Å². The first-order valence-corrected chi connectivity index (χ1v) is 23.4. The van der Waals surface area contributed by atoms with Crippen molar-refractivity contribution in [2.24, 2.45) is 0 Å². The van der Waals surface area contributed by atoms with E-state index in [2.05, 4.69) is 243 Å². The van der Waals surface area contributed by atoms with E-state index < -0.39 is 0 Å². The molecule has 0 aliphatic heterocycles. The molecule has 0 fully saturated rings. The normalized spacial score (nSPS) is 11.3. The molecule has 67 heavy (non-hydrogen) atoms. The summed E-state index contributed by atoms with van der Waals surface area (Å²) >= 11 is 1.85. The first-order chi connectivity index (χ1) is 33.2. The maximum Gasteiger partial charge on any atom is 0.160 e. The zero-order valence-electron chi connectivity index (χ0n) is 36.4. The Hall–Kier alpha value is -8.57. The van der Waals surface area contributed by atoms with Gasteiger partial charge in [0.1, 0.15) is 0 Å². The van der Waals surface area contributed by atoms with Crippen LogP contribution in [0.1, 0.15) is 0 Å². The van der Waals surface area contributed by atoms with Gasteiger partial charge in [0.25, 0.3) is 0 Å². The lowest BCUT2D eigenvalue weighted by Gasteiger charge is -2.23. The van der Waals surface area contributed by atoms with E-state index in [1.54, 1.807) is 0 Å². The lowest BCUT2D eigenvalue weighted by molar-refractivity contribution is 1.18. The van der Waals surface area contributed by atoms with Crippen molar-refractivity contribution in [3.8, 4) is 101 Å². The molecule has 0 saturated heterocycles. The van der Waals surface area contributed by atoms with E-state index in [-0.39, 0.29) is 0 Å². The number of benzene rings is 9. The highest BCUT2D eigenvalue weighted by Gasteiger charge is 2.26. The smallest absolute Gasteiger partial charge is 0.160 e. The molecule has 0 unspecified atom stereocenters. The molecule has 0 aliphatic carbocycles. The molecular weight excluding hydrogens is 831 g/mol. The second kappa shape index (κ2) is 17.4. The molecular formula is C63H41N3S. The summed E-state index contributed by atoms with van der Waals surface area (Å²) < 4.78 is 2.60. The summed E-state index contributed by atoms with van der Waals surface area (Å²) in [5.41, 5.74) is 17.5. The lowest BCUT2D eigenvalue weighted by Crippen LogP contribution is -2.01. The summed E-state index contributed by atoms with van der Waals surface area (Å²) in [4.78, 5) is 16.3. The van der Waals surface area contributed by atoms with E-state index in [4.69, 9.17) is 15.0 Å². The number of thiophene rings is 1. The zero-order chi connectivity index (χ0) is 44.5. The van der Waals surface area contributed by atoms with Crippen molar-refractivity contribution in [1.82, 2.24) is 15.0 Å². The summed E-state index contributed by atoms with van der Waals surface area (Å²) in [7, 11) is 0. The maximum absolute atomic E-state index is 5.65. The van der Waals surface area contributed by atoms with Gasteiger partial charge in [-0.3, -0.25) is 0 Å². The van der Waals surface area contributed by atoms with Crippen LogP contribution in [0, 0.1) is 0 Å². The Balaban J connectivity index is 1.06. The van der Waals surface area contributed by atoms with Crippen LogP contribution < -0.4 is 0 Å². The maximum atomic E-state index is 5.65. The molecule has 0 bridgehead atoms. The molecule has 4 heteroatoms. The van der Waals surface area contributed by atoms with Crippen molar-refractivity contribution < 1.29 is 0 Å². The molecule has 3 heterocycles. The van der Waals surface area contributed by atoms with Gasteiger partial charge in [-0.25, -0.2) is 15.0 Å². The van der Waals surface area contributed by atoms with Crippen molar-refractivity contribution in [2.45, 2.75) is 0 Å². The monoisotopic (exact) mass is 871 g/mol. The number of hydrogen-bond donors (Lipinski definition) is 0. The molecule has 9 aromatic carbocycles. The summed E-state index contributed by atoms with van der Waals surface area (Å²) in [6.45, 7) is 0. The Morgan fingerprint density at radius 3 is 1.31 bits per heavy atom. The van der Waals surface area contributed by atoms with Crippen LogP contribution in [-0.4, -0.2) is 15.0 Å². The van der Waals surface area contributed by atoms with Crippen LogP contribution in [0.5, 0.6) is 0 Å². The van der Waals surface area contributed by atoms with Gasteiger partial charge in [0, 0.05) is 64.7 Å². The van der Waals surface area contributed by atoms with Crippen LogP contribution in [0.2, 0.25) is 0 Å². The molecule has 0 aliphatic rings. The third-order valence-corrected chi connectivity index (χ3v) is 13.7. The van der Waals surface area contributed by atoms with Crippen molar-refractivity contribution in [3.63, 3.8) is 0 Å². The Bertz CT molecular complexity index is 3600. The highest BCUT2D eigenvalue weighted by atomic mass is 32.1. The first-order valence-electron chi connectivity index (χ1n) is 22.6. The minimum Gasteiger partial charge on any atom is -0.246 e. The summed E-state index contributed by atoms with van der Waals surface area (Å²) in [5.74, 6) is 0.671. The highest BCUT2D eigenvalue weighted by molar-refractivity contribution is 7.26. The standard InChI is InChI=1S/C63H41N3S/c1-6-20-43(21-7-1)54-41-55(65-63(64-54)48-38-36-42(37-39-48)51-33-19-34-53-52-32-16-17-35-56(52)67-62(51)53)49-30-18-31-50(40-49)57-58(44-22-8-2-9-23-44)60(46-26-12-4-13-27-46)66-61(47-28-14-5-15-29-47)59(57)45-24-10-3-11-25-45/h1-41H. The number of nitrogens with zero attached hydrogens (tertiary/aromatic N) is 3. The van der Waals surface area contributed by atoms with Crippen molar-refractivity contribution in [2.75, 3.05) is 0 Å². The Morgan fingerprint density at radius 1 is 0.269 bits per heavy atom. The van der Waals surface area contributed by atoms with Gasteiger partial charge in [0.2, 0.25) is 0 Å². The fourth-order valence-electron chi connectivity index (χ4n) is 9.34. The number of aromatic nitrogens is 3. The average molecular weight is 872 g/mol. The van der Waals surface area contributed by atoms with Gasteiger partial charge in [-0.1, -0.05) is 231 Å². The molecule has 3 nitrogen and oxygen atoms in total. The molecule has 0 spiro atoms. The predicted octanol–water partition coefficient (Wildman–Crippen LogP) is 17.2. The predicted molar refractivity (Wildman–Crippen MR) is 282 cm³/mol.